The molecule has 32 heavy (non-hydrogen) atoms. The minimum absolute atomic E-state index is 0.290. The van der Waals surface area contributed by atoms with E-state index >= 15 is 0 Å². The lowest BCUT2D eigenvalue weighted by Crippen LogP contribution is -2.29. The zero-order chi connectivity index (χ0) is 22.6. The molecule has 1 N–H and O–H groups in total. The minimum Gasteiger partial charge on any atom is -0.376 e. The van der Waals surface area contributed by atoms with Gasteiger partial charge in [-0.05, 0) is 79.4 Å². The number of rotatable bonds is 8. The fourth-order valence-corrected chi connectivity index (χ4v) is 5.46. The van der Waals surface area contributed by atoms with Gasteiger partial charge in [-0.3, -0.25) is 0 Å². The summed E-state index contributed by atoms with van der Waals surface area (Å²) in [5, 5.41) is 0. The fraction of sp³-hybridized carbons (Fsp3) is 0.385. The van der Waals surface area contributed by atoms with Gasteiger partial charge in [0, 0.05) is 32.7 Å². The van der Waals surface area contributed by atoms with E-state index in [1.807, 2.05) is 42.4 Å². The van der Waals surface area contributed by atoms with Crippen LogP contribution in [0.3, 0.4) is 0 Å². The molecule has 2 aromatic rings. The van der Waals surface area contributed by atoms with Gasteiger partial charge < -0.3 is 9.80 Å². The van der Waals surface area contributed by atoms with Crippen molar-refractivity contribution >= 4 is 10.0 Å². The number of hydrogen-bond acceptors (Lipinski definition) is 4. The molecule has 0 aromatic heterocycles. The first-order valence-electron chi connectivity index (χ1n) is 11.4. The quantitative estimate of drug-likeness (QED) is 0.658. The van der Waals surface area contributed by atoms with Crippen LogP contribution < -0.4 is 4.72 Å². The van der Waals surface area contributed by atoms with E-state index in [1.54, 1.807) is 12.1 Å². The Morgan fingerprint density at radius 1 is 1.03 bits per heavy atom. The van der Waals surface area contributed by atoms with E-state index in [1.165, 1.54) is 24.9 Å². The number of allylic oxidation sites excluding steroid dienone is 2. The third kappa shape index (κ3) is 5.68. The standard InChI is InChI=1S/C26H33N3O2S/c1-21-5-3-17-29(21)18-15-22-7-9-24(10-8-22)25-11-13-26(14-12-25)32(30,31)27-19-23-6-4-16-28(2)20-23/h4,6-14,16,21,27H,3,5,15,17-20H2,1-2H3/t21-/m1/s1. The van der Waals surface area contributed by atoms with Crippen molar-refractivity contribution in [2.45, 2.75) is 37.1 Å². The summed E-state index contributed by atoms with van der Waals surface area (Å²) in [7, 11) is -1.57. The molecule has 170 valence electrons. The molecule has 0 saturated carbocycles. The van der Waals surface area contributed by atoms with Crippen LogP contribution in [0.15, 0.2) is 77.4 Å². The SMILES string of the molecule is C[C@@H]1CCCN1CCc1ccc(-c2ccc(S(=O)(=O)NCC3=CC=CN(C)C3)cc2)cc1. The van der Waals surface area contributed by atoms with E-state index in [0.29, 0.717) is 12.6 Å². The van der Waals surface area contributed by atoms with Crippen molar-refractivity contribution in [2.75, 3.05) is 33.2 Å². The van der Waals surface area contributed by atoms with Crippen LogP contribution in [-0.4, -0.2) is 57.5 Å². The summed E-state index contributed by atoms with van der Waals surface area (Å²) in [5.74, 6) is 0. The second-order valence-electron chi connectivity index (χ2n) is 8.90. The van der Waals surface area contributed by atoms with Crippen LogP contribution in [0.5, 0.6) is 0 Å². The van der Waals surface area contributed by atoms with Crippen molar-refractivity contribution in [2.24, 2.45) is 0 Å². The van der Waals surface area contributed by atoms with Crippen LogP contribution >= 0.6 is 0 Å². The number of nitrogens with one attached hydrogen (secondary N) is 1. The summed E-state index contributed by atoms with van der Waals surface area (Å²) in [6.45, 7) is 5.69. The number of benzene rings is 2. The second kappa shape index (κ2) is 10.0. The molecule has 0 aliphatic carbocycles. The maximum Gasteiger partial charge on any atom is 0.240 e. The smallest absolute Gasteiger partial charge is 0.240 e. The molecule has 4 rings (SSSR count). The summed E-state index contributed by atoms with van der Waals surface area (Å²) in [5.41, 5.74) is 4.50. The normalized spacial score (nSPS) is 19.4. The first-order valence-corrected chi connectivity index (χ1v) is 12.9. The highest BCUT2D eigenvalue weighted by Crippen LogP contribution is 2.23. The molecule has 2 aliphatic rings. The Kier molecular flexibility index (Phi) is 7.13. The number of sulfonamides is 1. The van der Waals surface area contributed by atoms with E-state index < -0.39 is 10.0 Å². The molecule has 1 atom stereocenters. The van der Waals surface area contributed by atoms with Gasteiger partial charge in [0.15, 0.2) is 0 Å². The Hall–Kier alpha value is -2.41. The van der Waals surface area contributed by atoms with Crippen molar-refractivity contribution in [1.29, 1.82) is 0 Å². The maximum atomic E-state index is 12.7. The van der Waals surface area contributed by atoms with Crippen LogP contribution in [-0.2, 0) is 16.4 Å². The first-order chi connectivity index (χ1) is 15.4. The first kappa shape index (κ1) is 22.8. The van der Waals surface area contributed by atoms with Crippen LogP contribution in [0.2, 0.25) is 0 Å². The molecular weight excluding hydrogens is 418 g/mol. The maximum absolute atomic E-state index is 12.7. The zero-order valence-electron chi connectivity index (χ0n) is 19.0. The fourth-order valence-electron chi connectivity index (χ4n) is 4.43. The molecule has 2 heterocycles. The zero-order valence-corrected chi connectivity index (χ0v) is 19.8. The second-order valence-corrected chi connectivity index (χ2v) is 10.7. The lowest BCUT2D eigenvalue weighted by molar-refractivity contribution is 0.272. The highest BCUT2D eigenvalue weighted by Gasteiger charge is 2.19. The summed E-state index contributed by atoms with van der Waals surface area (Å²) >= 11 is 0. The minimum atomic E-state index is -3.54. The van der Waals surface area contributed by atoms with E-state index in [-0.39, 0.29) is 4.90 Å². The van der Waals surface area contributed by atoms with E-state index in [9.17, 15) is 8.42 Å². The van der Waals surface area contributed by atoms with E-state index in [4.69, 9.17) is 0 Å². The van der Waals surface area contributed by atoms with Crippen LogP contribution in [0, 0.1) is 0 Å². The van der Waals surface area contributed by atoms with E-state index in [2.05, 4.69) is 40.8 Å². The van der Waals surface area contributed by atoms with Crippen molar-refractivity contribution in [3.8, 4) is 11.1 Å². The Bertz CT molecular complexity index is 1070. The molecule has 2 aromatic carbocycles. The van der Waals surface area contributed by atoms with E-state index in [0.717, 1.165) is 36.2 Å². The molecule has 0 spiro atoms. The molecule has 5 nitrogen and oxygen atoms in total. The van der Waals surface area contributed by atoms with Gasteiger partial charge in [-0.25, -0.2) is 13.1 Å². The van der Waals surface area contributed by atoms with Gasteiger partial charge in [0.05, 0.1) is 4.90 Å². The van der Waals surface area contributed by atoms with Gasteiger partial charge in [-0.15, -0.1) is 0 Å². The van der Waals surface area contributed by atoms with Gasteiger partial charge in [0.2, 0.25) is 10.0 Å². The molecule has 6 heteroatoms. The Balaban J connectivity index is 1.35. The number of likely N-dealkylation sites (tertiary alicyclic amines) is 1. The molecular formula is C26H33N3O2S. The molecule has 1 saturated heterocycles. The van der Waals surface area contributed by atoms with Crippen LogP contribution in [0.1, 0.15) is 25.3 Å². The average Bonchev–Trinajstić information content (AvgIpc) is 3.21. The number of hydrogen-bond donors (Lipinski definition) is 1. The largest absolute Gasteiger partial charge is 0.376 e. The van der Waals surface area contributed by atoms with Crippen molar-refractivity contribution < 1.29 is 8.42 Å². The van der Waals surface area contributed by atoms with Crippen molar-refractivity contribution in [1.82, 2.24) is 14.5 Å². The van der Waals surface area contributed by atoms with Gasteiger partial charge in [0.25, 0.3) is 0 Å². The summed E-state index contributed by atoms with van der Waals surface area (Å²) in [4.78, 5) is 4.88. The summed E-state index contributed by atoms with van der Waals surface area (Å²) in [6, 6.07) is 16.5. The molecule has 0 bridgehead atoms. The number of likely N-dealkylation sites (N-methyl/N-ethyl adjacent to an activating group) is 1. The van der Waals surface area contributed by atoms with Gasteiger partial charge in [-0.1, -0.05) is 42.5 Å². The Morgan fingerprint density at radius 3 is 2.34 bits per heavy atom. The third-order valence-corrected chi connectivity index (χ3v) is 7.86. The Labute approximate surface area is 192 Å². The lowest BCUT2D eigenvalue weighted by atomic mass is 10.0. The topological polar surface area (TPSA) is 52.7 Å². The monoisotopic (exact) mass is 451 g/mol. The van der Waals surface area contributed by atoms with Crippen LogP contribution in [0.4, 0.5) is 0 Å². The number of nitrogens with zero attached hydrogens (tertiary/aromatic N) is 2. The van der Waals surface area contributed by atoms with Gasteiger partial charge >= 0.3 is 0 Å². The highest BCUT2D eigenvalue weighted by atomic mass is 32.2. The molecule has 0 radical (unpaired) electrons. The van der Waals surface area contributed by atoms with Crippen molar-refractivity contribution in [3.63, 3.8) is 0 Å². The predicted molar refractivity (Wildman–Crippen MR) is 131 cm³/mol. The van der Waals surface area contributed by atoms with Gasteiger partial charge in [0.1, 0.15) is 0 Å². The average molecular weight is 452 g/mol. The van der Waals surface area contributed by atoms with Crippen molar-refractivity contribution in [3.05, 3.63) is 78.0 Å². The molecule has 2 aliphatic heterocycles. The highest BCUT2D eigenvalue weighted by molar-refractivity contribution is 7.89. The molecule has 0 unspecified atom stereocenters. The molecule has 0 amide bonds. The third-order valence-electron chi connectivity index (χ3n) is 6.44. The van der Waals surface area contributed by atoms with Crippen LogP contribution in [0.25, 0.3) is 11.1 Å². The molecule has 1 fully saturated rings. The lowest BCUT2D eigenvalue weighted by Gasteiger charge is -2.20. The summed E-state index contributed by atoms with van der Waals surface area (Å²) < 4.78 is 28.1. The predicted octanol–water partition coefficient (Wildman–Crippen LogP) is 4.04. The van der Waals surface area contributed by atoms with Gasteiger partial charge in [-0.2, -0.15) is 0 Å². The Morgan fingerprint density at radius 2 is 1.72 bits per heavy atom. The summed E-state index contributed by atoms with van der Waals surface area (Å²) in [6.07, 6.45) is 9.55.